The van der Waals surface area contributed by atoms with Crippen molar-refractivity contribution in [3.05, 3.63) is 59.8 Å². The second kappa shape index (κ2) is 10.8. The number of fused-ring (bicyclic) bond motifs is 1. The predicted octanol–water partition coefficient (Wildman–Crippen LogP) is 5.25. The van der Waals surface area contributed by atoms with Crippen molar-refractivity contribution in [3.63, 3.8) is 0 Å². The highest BCUT2D eigenvalue weighted by Crippen LogP contribution is 2.25. The number of carbonyl (C=O) groups excluding carboxylic acids is 1. The molecule has 0 aliphatic heterocycles. The van der Waals surface area contributed by atoms with Crippen molar-refractivity contribution in [1.29, 1.82) is 0 Å². The molecule has 0 saturated carbocycles. The first-order valence-corrected chi connectivity index (χ1v) is 10.7. The number of unbranched alkanes of at least 4 members (excludes halogenated alkanes) is 4. The SMILES string of the molecule is COc1ccc2c(c1)c(C=O)cn2CCCCCCCN(C)Cc1ccc(O)cc1. The summed E-state index contributed by atoms with van der Waals surface area (Å²) in [6.45, 7) is 2.91. The van der Waals surface area contributed by atoms with E-state index >= 15 is 0 Å². The van der Waals surface area contributed by atoms with Gasteiger partial charge in [0.15, 0.2) is 6.29 Å². The molecule has 30 heavy (non-hydrogen) atoms. The van der Waals surface area contributed by atoms with Crippen LogP contribution in [0.1, 0.15) is 48.0 Å². The summed E-state index contributed by atoms with van der Waals surface area (Å²) in [5.41, 5.74) is 3.04. The molecule has 0 atom stereocenters. The molecule has 1 N–H and O–H groups in total. The smallest absolute Gasteiger partial charge is 0.152 e. The van der Waals surface area contributed by atoms with Crippen LogP contribution >= 0.6 is 0 Å². The number of methoxy groups -OCH3 is 1. The molecule has 0 bridgehead atoms. The third kappa shape index (κ3) is 5.86. The Kier molecular flexibility index (Phi) is 7.91. The number of phenolic OH excluding ortho intramolecular Hbond substituents is 1. The number of aromatic hydroxyl groups is 1. The number of hydrogen-bond donors (Lipinski definition) is 1. The molecule has 5 heteroatoms. The molecular weight excluding hydrogens is 376 g/mol. The van der Waals surface area contributed by atoms with E-state index in [1.165, 1.54) is 31.2 Å². The zero-order chi connectivity index (χ0) is 21.3. The van der Waals surface area contributed by atoms with E-state index in [0.29, 0.717) is 5.75 Å². The molecule has 5 nitrogen and oxygen atoms in total. The normalized spacial score (nSPS) is 11.3. The fourth-order valence-corrected chi connectivity index (χ4v) is 3.90. The zero-order valence-electron chi connectivity index (χ0n) is 18.0. The summed E-state index contributed by atoms with van der Waals surface area (Å²) in [6.07, 6.45) is 8.81. The first kappa shape index (κ1) is 21.9. The van der Waals surface area contributed by atoms with E-state index in [1.807, 2.05) is 36.5 Å². The van der Waals surface area contributed by atoms with E-state index in [9.17, 15) is 9.90 Å². The van der Waals surface area contributed by atoms with E-state index in [-0.39, 0.29) is 0 Å². The van der Waals surface area contributed by atoms with E-state index in [1.54, 1.807) is 19.2 Å². The summed E-state index contributed by atoms with van der Waals surface area (Å²) < 4.78 is 7.47. The predicted molar refractivity (Wildman–Crippen MR) is 121 cm³/mol. The number of aromatic nitrogens is 1. The van der Waals surface area contributed by atoms with Gasteiger partial charge in [0.05, 0.1) is 7.11 Å². The molecule has 3 rings (SSSR count). The third-order valence-corrected chi connectivity index (χ3v) is 5.57. The lowest BCUT2D eigenvalue weighted by Gasteiger charge is -2.16. The standard InChI is InChI=1S/C25H32N2O3/c1-26(17-20-8-10-22(29)11-9-20)14-6-4-3-5-7-15-27-18-21(19-28)24-16-23(30-2)12-13-25(24)27/h8-13,16,18-19,29H,3-7,14-15,17H2,1-2H3. The Balaban J connectivity index is 1.36. The number of ether oxygens (including phenoxy) is 1. The number of rotatable bonds is 12. The summed E-state index contributed by atoms with van der Waals surface area (Å²) >= 11 is 0. The average molecular weight is 409 g/mol. The molecule has 0 amide bonds. The molecule has 0 spiro atoms. The molecule has 3 aromatic rings. The Morgan fingerprint density at radius 2 is 1.77 bits per heavy atom. The van der Waals surface area contributed by atoms with Gasteiger partial charge in [-0.3, -0.25) is 4.79 Å². The Morgan fingerprint density at radius 3 is 2.50 bits per heavy atom. The summed E-state index contributed by atoms with van der Waals surface area (Å²) in [5, 5.41) is 10.3. The van der Waals surface area contributed by atoms with Crippen molar-refractivity contribution >= 4 is 17.2 Å². The van der Waals surface area contributed by atoms with Crippen molar-refractivity contribution < 1.29 is 14.6 Å². The number of phenols is 1. The van der Waals surface area contributed by atoms with Gasteiger partial charge >= 0.3 is 0 Å². The highest BCUT2D eigenvalue weighted by atomic mass is 16.5. The van der Waals surface area contributed by atoms with Crippen LogP contribution in [0.5, 0.6) is 11.5 Å². The molecule has 0 aliphatic carbocycles. The van der Waals surface area contributed by atoms with E-state index < -0.39 is 0 Å². The molecule has 0 fully saturated rings. The second-order valence-electron chi connectivity index (χ2n) is 7.95. The van der Waals surface area contributed by atoms with Crippen LogP contribution in [0.25, 0.3) is 10.9 Å². The highest BCUT2D eigenvalue weighted by molar-refractivity contribution is 5.98. The lowest BCUT2D eigenvalue weighted by Crippen LogP contribution is -2.18. The Hall–Kier alpha value is -2.79. The first-order valence-electron chi connectivity index (χ1n) is 10.7. The second-order valence-corrected chi connectivity index (χ2v) is 7.95. The minimum Gasteiger partial charge on any atom is -0.508 e. The van der Waals surface area contributed by atoms with Crippen LogP contribution in [-0.2, 0) is 13.1 Å². The Labute approximate surface area is 178 Å². The molecule has 0 radical (unpaired) electrons. The molecule has 0 aliphatic rings. The number of benzene rings is 2. The maximum absolute atomic E-state index is 11.4. The molecule has 0 saturated heterocycles. The summed E-state index contributed by atoms with van der Waals surface area (Å²) in [5.74, 6) is 1.09. The zero-order valence-corrected chi connectivity index (χ0v) is 18.0. The van der Waals surface area contributed by atoms with Gasteiger partial charge in [0.25, 0.3) is 0 Å². The first-order chi connectivity index (χ1) is 14.6. The van der Waals surface area contributed by atoms with Gasteiger partial charge in [0.1, 0.15) is 11.5 Å². The highest BCUT2D eigenvalue weighted by Gasteiger charge is 2.09. The number of aryl methyl sites for hydroxylation is 1. The number of aldehydes is 1. The topological polar surface area (TPSA) is 54.7 Å². The van der Waals surface area contributed by atoms with Gasteiger partial charge in [-0.1, -0.05) is 31.4 Å². The van der Waals surface area contributed by atoms with Crippen LogP contribution in [0.2, 0.25) is 0 Å². The van der Waals surface area contributed by atoms with E-state index in [0.717, 1.165) is 54.6 Å². The fourth-order valence-electron chi connectivity index (χ4n) is 3.90. The molecule has 0 unspecified atom stereocenters. The van der Waals surface area contributed by atoms with Crippen molar-refractivity contribution in [2.75, 3.05) is 20.7 Å². The quantitative estimate of drug-likeness (QED) is 0.328. The number of nitrogens with zero attached hydrogens (tertiary/aromatic N) is 2. The van der Waals surface area contributed by atoms with Gasteiger partial charge in [-0.2, -0.15) is 0 Å². The van der Waals surface area contributed by atoms with E-state index in [2.05, 4.69) is 16.5 Å². The van der Waals surface area contributed by atoms with Gasteiger partial charge < -0.3 is 19.3 Å². The van der Waals surface area contributed by atoms with Gasteiger partial charge in [0.2, 0.25) is 0 Å². The van der Waals surface area contributed by atoms with Crippen molar-refractivity contribution in [2.45, 2.75) is 45.2 Å². The Bertz CT molecular complexity index is 947. The fraction of sp³-hybridized carbons (Fsp3) is 0.400. The van der Waals surface area contributed by atoms with E-state index in [4.69, 9.17) is 4.74 Å². The molecule has 2 aromatic carbocycles. The maximum atomic E-state index is 11.4. The van der Waals surface area contributed by atoms with Crippen molar-refractivity contribution in [3.8, 4) is 11.5 Å². The minimum atomic E-state index is 0.316. The monoisotopic (exact) mass is 408 g/mol. The van der Waals surface area contributed by atoms with Gasteiger partial charge in [0, 0.05) is 35.8 Å². The largest absolute Gasteiger partial charge is 0.508 e. The summed E-state index contributed by atoms with van der Waals surface area (Å²) in [4.78, 5) is 13.7. The van der Waals surface area contributed by atoms with Gasteiger partial charge in [-0.25, -0.2) is 0 Å². The number of hydrogen-bond acceptors (Lipinski definition) is 4. The lowest BCUT2D eigenvalue weighted by atomic mass is 10.1. The lowest BCUT2D eigenvalue weighted by molar-refractivity contribution is 0.112. The summed E-state index contributed by atoms with van der Waals surface area (Å²) in [7, 11) is 3.79. The molecular formula is C25H32N2O3. The Morgan fingerprint density at radius 1 is 1.03 bits per heavy atom. The average Bonchev–Trinajstić information content (AvgIpc) is 3.11. The van der Waals surface area contributed by atoms with Crippen molar-refractivity contribution in [1.82, 2.24) is 9.47 Å². The maximum Gasteiger partial charge on any atom is 0.152 e. The van der Waals surface area contributed by atoms with Crippen LogP contribution < -0.4 is 4.74 Å². The third-order valence-electron chi connectivity index (χ3n) is 5.57. The van der Waals surface area contributed by atoms with Crippen LogP contribution in [0.15, 0.2) is 48.7 Å². The molecule has 160 valence electrons. The number of carbonyl (C=O) groups is 1. The van der Waals surface area contributed by atoms with Gasteiger partial charge in [-0.05, 0) is 62.3 Å². The summed E-state index contributed by atoms with van der Waals surface area (Å²) in [6, 6.07) is 13.3. The van der Waals surface area contributed by atoms with Crippen LogP contribution in [0, 0.1) is 0 Å². The molecule has 1 heterocycles. The van der Waals surface area contributed by atoms with Crippen LogP contribution in [-0.4, -0.2) is 41.6 Å². The van der Waals surface area contributed by atoms with Crippen molar-refractivity contribution in [2.24, 2.45) is 0 Å². The minimum absolute atomic E-state index is 0.316. The van der Waals surface area contributed by atoms with Gasteiger partial charge in [-0.15, -0.1) is 0 Å². The molecule has 1 aromatic heterocycles. The van der Waals surface area contributed by atoms with Crippen LogP contribution in [0.3, 0.4) is 0 Å². The van der Waals surface area contributed by atoms with Crippen LogP contribution in [0.4, 0.5) is 0 Å².